The zero-order chi connectivity index (χ0) is 10.9. The molecule has 0 aliphatic rings. The Bertz CT molecular complexity index is 298. The molecule has 0 aliphatic heterocycles. The molecule has 0 fully saturated rings. The van der Waals surface area contributed by atoms with E-state index in [2.05, 4.69) is 33.2 Å². The zero-order valence-corrected chi connectivity index (χ0v) is 10.5. The third-order valence-electron chi connectivity index (χ3n) is 2.11. The molecule has 0 aliphatic carbocycles. The van der Waals surface area contributed by atoms with Crippen molar-refractivity contribution in [2.45, 2.75) is 19.3 Å². The number of halogens is 1. The van der Waals surface area contributed by atoms with Crippen molar-refractivity contribution in [2.75, 3.05) is 12.4 Å². The molecule has 0 saturated heterocycles. The number of alkyl halides is 1. The quantitative estimate of drug-likeness (QED) is 0.335. The molecule has 1 aromatic carbocycles. The lowest BCUT2D eigenvalue weighted by atomic mass is 10.1. The van der Waals surface area contributed by atoms with E-state index in [-0.39, 0.29) is 0 Å². The van der Waals surface area contributed by atoms with Gasteiger partial charge in [-0.2, -0.15) is 0 Å². The Balaban J connectivity index is 2.63. The number of hydrogen-bond donors (Lipinski definition) is 0. The Morgan fingerprint density at radius 3 is 2.60 bits per heavy atom. The maximum atomic E-state index is 4.87. The second-order valence-corrected chi connectivity index (χ2v) is 4.03. The molecule has 15 heavy (non-hydrogen) atoms. The maximum Gasteiger partial charge on any atom is 0.106 e. The van der Waals surface area contributed by atoms with Gasteiger partial charge in [0.25, 0.3) is 0 Å². The lowest BCUT2D eigenvalue weighted by Gasteiger charge is -2.04. The number of unbranched alkanes of at least 4 members (excludes halogenated alkanes) is 1. The monoisotopic (exact) mass is 269 g/mol. The standard InChI is InChI=1S/C12H16BrNO/c1-15-14-12(9-5-6-10-13)11-7-3-2-4-8-11/h2-4,7-8H,5-6,9-10H2,1H3. The van der Waals surface area contributed by atoms with Crippen LogP contribution in [-0.4, -0.2) is 18.2 Å². The highest BCUT2D eigenvalue weighted by molar-refractivity contribution is 9.09. The topological polar surface area (TPSA) is 21.6 Å². The third-order valence-corrected chi connectivity index (χ3v) is 2.67. The van der Waals surface area contributed by atoms with Crippen LogP contribution in [0.1, 0.15) is 24.8 Å². The molecule has 0 atom stereocenters. The van der Waals surface area contributed by atoms with Crippen LogP contribution in [0.3, 0.4) is 0 Å². The summed E-state index contributed by atoms with van der Waals surface area (Å²) in [6.07, 6.45) is 3.25. The van der Waals surface area contributed by atoms with Gasteiger partial charge >= 0.3 is 0 Å². The maximum absolute atomic E-state index is 4.87. The van der Waals surface area contributed by atoms with Crippen LogP contribution < -0.4 is 0 Å². The highest BCUT2D eigenvalue weighted by atomic mass is 79.9. The highest BCUT2D eigenvalue weighted by Crippen LogP contribution is 2.09. The van der Waals surface area contributed by atoms with Gasteiger partial charge < -0.3 is 4.84 Å². The lowest BCUT2D eigenvalue weighted by Crippen LogP contribution is -2.01. The number of rotatable bonds is 6. The largest absolute Gasteiger partial charge is 0.399 e. The first kappa shape index (κ1) is 12.2. The van der Waals surface area contributed by atoms with Crippen LogP contribution in [0, 0.1) is 0 Å². The lowest BCUT2D eigenvalue weighted by molar-refractivity contribution is 0.212. The van der Waals surface area contributed by atoms with E-state index in [4.69, 9.17) is 4.84 Å². The van der Waals surface area contributed by atoms with Crippen molar-refractivity contribution in [1.82, 2.24) is 0 Å². The van der Waals surface area contributed by atoms with Gasteiger partial charge in [-0.05, 0) is 24.8 Å². The zero-order valence-electron chi connectivity index (χ0n) is 8.95. The smallest absolute Gasteiger partial charge is 0.106 e. The summed E-state index contributed by atoms with van der Waals surface area (Å²) < 4.78 is 0. The third kappa shape index (κ3) is 4.47. The highest BCUT2D eigenvalue weighted by Gasteiger charge is 2.03. The summed E-state index contributed by atoms with van der Waals surface area (Å²) >= 11 is 3.42. The second-order valence-electron chi connectivity index (χ2n) is 3.23. The molecule has 0 N–H and O–H groups in total. The Kier molecular flexibility index (Phi) is 6.09. The minimum atomic E-state index is 0.962. The Labute approximate surface area is 99.5 Å². The molecule has 0 heterocycles. The first-order chi connectivity index (χ1) is 7.38. The van der Waals surface area contributed by atoms with Crippen LogP contribution in [0.5, 0.6) is 0 Å². The molecule has 1 aromatic rings. The Morgan fingerprint density at radius 2 is 2.00 bits per heavy atom. The van der Waals surface area contributed by atoms with Crippen molar-refractivity contribution in [3.8, 4) is 0 Å². The van der Waals surface area contributed by atoms with E-state index < -0.39 is 0 Å². The number of oxime groups is 1. The van der Waals surface area contributed by atoms with Gasteiger partial charge in [0.1, 0.15) is 7.11 Å². The summed E-state index contributed by atoms with van der Waals surface area (Å²) in [7, 11) is 1.59. The van der Waals surface area contributed by atoms with Gasteiger partial charge in [0.15, 0.2) is 0 Å². The van der Waals surface area contributed by atoms with E-state index in [9.17, 15) is 0 Å². The van der Waals surface area contributed by atoms with Crippen molar-refractivity contribution < 1.29 is 4.84 Å². The van der Waals surface area contributed by atoms with Crippen LogP contribution in [0.2, 0.25) is 0 Å². The van der Waals surface area contributed by atoms with Gasteiger partial charge in [-0.1, -0.05) is 51.4 Å². The van der Waals surface area contributed by atoms with Crippen molar-refractivity contribution >= 4 is 21.6 Å². The number of nitrogens with zero attached hydrogens (tertiary/aromatic N) is 1. The predicted molar refractivity (Wildman–Crippen MR) is 67.6 cm³/mol. The summed E-state index contributed by atoms with van der Waals surface area (Å²) in [6, 6.07) is 10.2. The SMILES string of the molecule is CON=C(CCCCBr)c1ccccc1. The molecule has 0 radical (unpaired) electrons. The molecule has 0 bridgehead atoms. The fraction of sp³-hybridized carbons (Fsp3) is 0.417. The fourth-order valence-corrected chi connectivity index (χ4v) is 1.77. The second kappa shape index (κ2) is 7.46. The van der Waals surface area contributed by atoms with Crippen molar-refractivity contribution in [3.05, 3.63) is 35.9 Å². The van der Waals surface area contributed by atoms with E-state index in [0.29, 0.717) is 0 Å². The molecule has 1 rings (SSSR count). The average Bonchev–Trinajstić information content (AvgIpc) is 2.29. The normalized spacial score (nSPS) is 11.5. The van der Waals surface area contributed by atoms with E-state index in [1.54, 1.807) is 7.11 Å². The molecule has 3 heteroatoms. The predicted octanol–water partition coefficient (Wildman–Crippen LogP) is 3.60. The van der Waals surface area contributed by atoms with Gasteiger partial charge in [-0.15, -0.1) is 0 Å². The van der Waals surface area contributed by atoms with Crippen LogP contribution in [-0.2, 0) is 4.84 Å². The summed E-state index contributed by atoms with van der Waals surface area (Å²) in [6.45, 7) is 0. The molecule has 0 unspecified atom stereocenters. The van der Waals surface area contributed by atoms with Crippen LogP contribution in [0.4, 0.5) is 0 Å². The first-order valence-electron chi connectivity index (χ1n) is 5.10. The molecule has 0 aromatic heterocycles. The van der Waals surface area contributed by atoms with Gasteiger partial charge in [-0.3, -0.25) is 0 Å². The van der Waals surface area contributed by atoms with Crippen molar-refractivity contribution in [3.63, 3.8) is 0 Å². The number of benzene rings is 1. The summed E-state index contributed by atoms with van der Waals surface area (Å²) in [4.78, 5) is 4.87. The summed E-state index contributed by atoms with van der Waals surface area (Å²) in [5.74, 6) is 0. The number of hydrogen-bond acceptors (Lipinski definition) is 2. The molecular formula is C12H16BrNO. The first-order valence-corrected chi connectivity index (χ1v) is 6.22. The van der Waals surface area contributed by atoms with Gasteiger partial charge in [0, 0.05) is 5.33 Å². The molecule has 0 amide bonds. The van der Waals surface area contributed by atoms with Gasteiger partial charge in [0.05, 0.1) is 5.71 Å². The van der Waals surface area contributed by atoms with Crippen LogP contribution in [0.25, 0.3) is 0 Å². The minimum absolute atomic E-state index is 0.962. The van der Waals surface area contributed by atoms with Crippen molar-refractivity contribution in [2.24, 2.45) is 5.16 Å². The minimum Gasteiger partial charge on any atom is -0.399 e. The summed E-state index contributed by atoms with van der Waals surface area (Å²) in [5, 5.41) is 5.11. The Hall–Kier alpha value is -0.830. The van der Waals surface area contributed by atoms with E-state index >= 15 is 0 Å². The van der Waals surface area contributed by atoms with Crippen LogP contribution in [0.15, 0.2) is 35.5 Å². The fourth-order valence-electron chi connectivity index (χ4n) is 1.37. The average molecular weight is 270 g/mol. The van der Waals surface area contributed by atoms with E-state index in [1.807, 2.05) is 18.2 Å². The molecular weight excluding hydrogens is 254 g/mol. The molecule has 0 saturated carbocycles. The summed E-state index contributed by atoms with van der Waals surface area (Å²) in [5.41, 5.74) is 2.17. The van der Waals surface area contributed by atoms with E-state index in [0.717, 1.165) is 35.9 Å². The van der Waals surface area contributed by atoms with Gasteiger partial charge in [-0.25, -0.2) is 0 Å². The Morgan fingerprint density at radius 1 is 1.27 bits per heavy atom. The molecule has 2 nitrogen and oxygen atoms in total. The molecule has 0 spiro atoms. The van der Waals surface area contributed by atoms with Gasteiger partial charge in [0.2, 0.25) is 0 Å². The van der Waals surface area contributed by atoms with E-state index in [1.165, 1.54) is 0 Å². The van der Waals surface area contributed by atoms with Crippen molar-refractivity contribution in [1.29, 1.82) is 0 Å². The molecule has 82 valence electrons. The van der Waals surface area contributed by atoms with Crippen LogP contribution >= 0.6 is 15.9 Å².